The van der Waals surface area contributed by atoms with Gasteiger partial charge in [-0.2, -0.15) is 5.26 Å². The Bertz CT molecular complexity index is 532. The Morgan fingerprint density at radius 3 is 2.62 bits per heavy atom. The van der Waals surface area contributed by atoms with Gasteiger partial charge in [-0.1, -0.05) is 30.0 Å². The van der Waals surface area contributed by atoms with E-state index in [0.29, 0.717) is 16.3 Å². The molecule has 0 spiro atoms. The summed E-state index contributed by atoms with van der Waals surface area (Å²) in [6.45, 7) is 0. The summed E-state index contributed by atoms with van der Waals surface area (Å²) in [5, 5.41) is 9.51. The Morgan fingerprint density at radius 1 is 1.19 bits per heavy atom. The maximum absolute atomic E-state index is 8.84. The van der Waals surface area contributed by atoms with Crippen molar-refractivity contribution in [1.29, 1.82) is 5.26 Å². The molecule has 0 saturated heterocycles. The smallest absolute Gasteiger partial charge is 0.125 e. The molecule has 0 fully saturated rings. The van der Waals surface area contributed by atoms with Gasteiger partial charge in [0.1, 0.15) is 11.1 Å². The van der Waals surface area contributed by atoms with E-state index >= 15 is 0 Å². The van der Waals surface area contributed by atoms with Crippen LogP contribution in [-0.4, -0.2) is 4.98 Å². The van der Waals surface area contributed by atoms with Crippen molar-refractivity contribution in [3.05, 3.63) is 48.2 Å². The van der Waals surface area contributed by atoms with E-state index in [1.807, 2.05) is 36.4 Å². The van der Waals surface area contributed by atoms with E-state index in [4.69, 9.17) is 11.0 Å². The third kappa shape index (κ3) is 2.15. The van der Waals surface area contributed by atoms with Gasteiger partial charge in [-0.25, -0.2) is 4.98 Å². The predicted molar refractivity (Wildman–Crippen MR) is 63.9 cm³/mol. The van der Waals surface area contributed by atoms with Crippen molar-refractivity contribution in [2.75, 3.05) is 5.73 Å². The summed E-state index contributed by atoms with van der Waals surface area (Å²) < 4.78 is 0. The summed E-state index contributed by atoms with van der Waals surface area (Å²) in [7, 11) is 0. The lowest BCUT2D eigenvalue weighted by atomic mass is 10.2. The normalized spacial score (nSPS) is 9.69. The zero-order valence-electron chi connectivity index (χ0n) is 8.42. The van der Waals surface area contributed by atoms with Crippen LogP contribution < -0.4 is 5.73 Å². The Hall–Kier alpha value is -1.99. The Labute approximate surface area is 97.9 Å². The van der Waals surface area contributed by atoms with Crippen LogP contribution in [0, 0.1) is 11.3 Å². The van der Waals surface area contributed by atoms with E-state index in [0.717, 1.165) is 4.90 Å². The van der Waals surface area contributed by atoms with E-state index in [1.54, 1.807) is 12.3 Å². The number of anilines is 1. The van der Waals surface area contributed by atoms with Crippen molar-refractivity contribution in [3.8, 4) is 6.07 Å². The Morgan fingerprint density at radius 2 is 1.94 bits per heavy atom. The zero-order chi connectivity index (χ0) is 11.4. The minimum absolute atomic E-state index is 0.443. The van der Waals surface area contributed by atoms with Crippen LogP contribution in [-0.2, 0) is 0 Å². The molecule has 0 amide bonds. The number of aromatic nitrogens is 1. The molecule has 0 radical (unpaired) electrons. The van der Waals surface area contributed by atoms with Gasteiger partial charge in [0.05, 0.1) is 11.3 Å². The highest BCUT2D eigenvalue weighted by Crippen LogP contribution is 2.31. The first-order valence-corrected chi connectivity index (χ1v) is 5.50. The minimum atomic E-state index is 0.443. The summed E-state index contributed by atoms with van der Waals surface area (Å²) in [5.74, 6) is 0. The molecule has 2 N–H and O–H groups in total. The number of rotatable bonds is 2. The van der Waals surface area contributed by atoms with Crippen molar-refractivity contribution < 1.29 is 0 Å². The van der Waals surface area contributed by atoms with Gasteiger partial charge in [0.2, 0.25) is 0 Å². The van der Waals surface area contributed by atoms with Crippen molar-refractivity contribution >= 4 is 17.4 Å². The Kier molecular flexibility index (Phi) is 3.08. The van der Waals surface area contributed by atoms with Crippen LogP contribution in [0.5, 0.6) is 0 Å². The molecule has 78 valence electrons. The van der Waals surface area contributed by atoms with Crippen molar-refractivity contribution in [2.45, 2.75) is 9.92 Å². The first-order valence-electron chi connectivity index (χ1n) is 4.69. The first kappa shape index (κ1) is 10.5. The van der Waals surface area contributed by atoms with E-state index in [-0.39, 0.29) is 0 Å². The zero-order valence-corrected chi connectivity index (χ0v) is 9.24. The van der Waals surface area contributed by atoms with E-state index < -0.39 is 0 Å². The van der Waals surface area contributed by atoms with Crippen LogP contribution in [0.25, 0.3) is 0 Å². The SMILES string of the molecule is N#Cc1ccnc(Sc2ccccc2)c1N. The highest BCUT2D eigenvalue weighted by Gasteiger charge is 2.07. The largest absolute Gasteiger partial charge is 0.395 e. The van der Waals surface area contributed by atoms with Crippen LogP contribution in [0.1, 0.15) is 5.56 Å². The monoisotopic (exact) mass is 227 g/mol. The van der Waals surface area contributed by atoms with Gasteiger partial charge in [-0.3, -0.25) is 0 Å². The lowest BCUT2D eigenvalue weighted by Gasteiger charge is -2.04. The second-order valence-corrected chi connectivity index (χ2v) is 4.17. The summed E-state index contributed by atoms with van der Waals surface area (Å²) in [5.41, 5.74) is 6.75. The van der Waals surface area contributed by atoms with Crippen molar-refractivity contribution in [2.24, 2.45) is 0 Å². The minimum Gasteiger partial charge on any atom is -0.395 e. The number of benzene rings is 1. The van der Waals surface area contributed by atoms with Crippen LogP contribution >= 0.6 is 11.8 Å². The van der Waals surface area contributed by atoms with Gasteiger partial charge in [0.25, 0.3) is 0 Å². The average Bonchev–Trinajstić information content (AvgIpc) is 2.33. The molecule has 1 heterocycles. The second kappa shape index (κ2) is 4.69. The molecular formula is C12H9N3S. The maximum Gasteiger partial charge on any atom is 0.125 e. The van der Waals surface area contributed by atoms with E-state index in [1.165, 1.54) is 11.8 Å². The molecular weight excluding hydrogens is 218 g/mol. The molecule has 2 rings (SSSR count). The molecule has 0 aliphatic rings. The number of nitriles is 1. The molecule has 0 aliphatic heterocycles. The van der Waals surface area contributed by atoms with Gasteiger partial charge in [-0.15, -0.1) is 0 Å². The van der Waals surface area contributed by atoms with Crippen LogP contribution in [0.2, 0.25) is 0 Å². The number of nitrogen functional groups attached to an aromatic ring is 1. The molecule has 0 bridgehead atoms. The van der Waals surface area contributed by atoms with Crippen molar-refractivity contribution in [3.63, 3.8) is 0 Å². The highest BCUT2D eigenvalue weighted by atomic mass is 32.2. The summed E-state index contributed by atoms with van der Waals surface area (Å²) in [6, 6.07) is 13.5. The highest BCUT2D eigenvalue weighted by molar-refractivity contribution is 7.99. The second-order valence-electron chi connectivity index (χ2n) is 3.10. The van der Waals surface area contributed by atoms with Gasteiger partial charge < -0.3 is 5.73 Å². The number of hydrogen-bond donors (Lipinski definition) is 1. The standard InChI is InChI=1S/C12H9N3S/c13-8-9-6-7-15-12(11(9)14)16-10-4-2-1-3-5-10/h1-7H,14H2. The predicted octanol–water partition coefficient (Wildman–Crippen LogP) is 2.69. The number of hydrogen-bond acceptors (Lipinski definition) is 4. The third-order valence-corrected chi connectivity index (χ3v) is 3.06. The summed E-state index contributed by atoms with van der Waals surface area (Å²) in [6.07, 6.45) is 1.60. The fourth-order valence-electron chi connectivity index (χ4n) is 1.23. The number of nitrogens with zero attached hydrogens (tertiary/aromatic N) is 2. The summed E-state index contributed by atoms with van der Waals surface area (Å²) >= 11 is 1.46. The first-order chi connectivity index (χ1) is 7.81. The van der Waals surface area contributed by atoms with Crippen molar-refractivity contribution in [1.82, 2.24) is 4.98 Å². The van der Waals surface area contributed by atoms with E-state index in [9.17, 15) is 0 Å². The molecule has 0 atom stereocenters. The van der Waals surface area contributed by atoms with Crippen LogP contribution in [0.15, 0.2) is 52.5 Å². The van der Waals surface area contributed by atoms with E-state index in [2.05, 4.69) is 4.98 Å². The molecule has 0 unspecified atom stereocenters. The molecule has 2 aromatic rings. The fraction of sp³-hybridized carbons (Fsp3) is 0. The lowest BCUT2D eigenvalue weighted by Crippen LogP contribution is -1.95. The number of pyridine rings is 1. The third-order valence-electron chi connectivity index (χ3n) is 2.03. The quantitative estimate of drug-likeness (QED) is 0.856. The molecule has 16 heavy (non-hydrogen) atoms. The van der Waals surface area contributed by atoms with Gasteiger partial charge >= 0.3 is 0 Å². The molecule has 0 saturated carbocycles. The van der Waals surface area contributed by atoms with Gasteiger partial charge in [0, 0.05) is 11.1 Å². The van der Waals surface area contributed by atoms with Crippen LogP contribution in [0.3, 0.4) is 0 Å². The molecule has 4 heteroatoms. The topological polar surface area (TPSA) is 62.7 Å². The Balaban J connectivity index is 2.33. The molecule has 1 aromatic heterocycles. The van der Waals surface area contributed by atoms with Gasteiger partial charge in [0.15, 0.2) is 0 Å². The maximum atomic E-state index is 8.84. The molecule has 3 nitrogen and oxygen atoms in total. The van der Waals surface area contributed by atoms with Gasteiger partial charge in [-0.05, 0) is 18.2 Å². The molecule has 0 aliphatic carbocycles. The summed E-state index contributed by atoms with van der Waals surface area (Å²) in [4.78, 5) is 5.22. The number of nitrogens with two attached hydrogens (primary N) is 1. The fourth-order valence-corrected chi connectivity index (χ4v) is 2.08. The lowest BCUT2D eigenvalue weighted by molar-refractivity contribution is 1.13. The van der Waals surface area contributed by atoms with Crippen LogP contribution in [0.4, 0.5) is 5.69 Å². The molecule has 1 aromatic carbocycles. The average molecular weight is 227 g/mol.